The maximum atomic E-state index is 16.3. The molecule has 0 atom stereocenters. The van der Waals surface area contributed by atoms with Gasteiger partial charge in [-0.15, -0.1) is 0 Å². The summed E-state index contributed by atoms with van der Waals surface area (Å²) in [6, 6.07) is 58.3. The largest absolute Gasteiger partial charge is 0.309 e. The number of benzene rings is 9. The predicted molar refractivity (Wildman–Crippen MR) is 232 cm³/mol. The number of anilines is 6. The zero-order chi connectivity index (χ0) is 38.4. The molecule has 0 unspecified atom stereocenters. The van der Waals surface area contributed by atoms with E-state index in [1.807, 2.05) is 71.6 Å². The molecule has 0 aliphatic heterocycles. The fourth-order valence-electron chi connectivity index (χ4n) is 9.27. The SMILES string of the molecule is CC1(C)c2ccccc2-c2c(N(c3ccc(F)cc3)c3ccc4ccc5c(N(c6ccccc6)c6nc7ccccc7cc6F)ccc6ccc3c4c65)cccc21. The molecule has 0 saturated carbocycles. The smallest absolute Gasteiger partial charge is 0.174 e. The second-order valence-corrected chi connectivity index (χ2v) is 15.4. The highest BCUT2D eigenvalue weighted by molar-refractivity contribution is 6.28. The van der Waals surface area contributed by atoms with Crippen LogP contribution in [0.2, 0.25) is 0 Å². The molecule has 1 aliphatic rings. The van der Waals surface area contributed by atoms with E-state index in [-0.39, 0.29) is 17.1 Å². The Morgan fingerprint density at radius 2 is 1.07 bits per heavy atom. The molecule has 272 valence electrons. The van der Waals surface area contributed by atoms with Crippen LogP contribution in [0.1, 0.15) is 25.0 Å². The summed E-state index contributed by atoms with van der Waals surface area (Å²) in [4.78, 5) is 9.14. The van der Waals surface area contributed by atoms with Gasteiger partial charge >= 0.3 is 0 Å². The van der Waals surface area contributed by atoms with E-state index in [0.29, 0.717) is 0 Å². The first-order valence-corrected chi connectivity index (χ1v) is 19.3. The van der Waals surface area contributed by atoms with Gasteiger partial charge in [-0.25, -0.2) is 13.8 Å². The van der Waals surface area contributed by atoms with Crippen LogP contribution in [-0.2, 0) is 5.41 Å². The molecule has 1 heterocycles. The lowest BCUT2D eigenvalue weighted by atomic mass is 9.82. The van der Waals surface area contributed by atoms with Crippen molar-refractivity contribution in [2.24, 2.45) is 0 Å². The molecule has 57 heavy (non-hydrogen) atoms. The van der Waals surface area contributed by atoms with E-state index in [4.69, 9.17) is 4.98 Å². The van der Waals surface area contributed by atoms with E-state index in [1.165, 1.54) is 34.4 Å². The molecule has 0 bridgehead atoms. The lowest BCUT2D eigenvalue weighted by molar-refractivity contribution is 0.625. The molecule has 10 aromatic rings. The summed E-state index contributed by atoms with van der Waals surface area (Å²) in [5.41, 5.74) is 9.95. The van der Waals surface area contributed by atoms with E-state index >= 15 is 4.39 Å². The number of aromatic nitrogens is 1. The molecule has 9 aromatic carbocycles. The maximum absolute atomic E-state index is 16.3. The second-order valence-electron chi connectivity index (χ2n) is 15.4. The van der Waals surface area contributed by atoms with Crippen molar-refractivity contribution in [3.05, 3.63) is 199 Å². The Bertz CT molecular complexity index is 3190. The van der Waals surface area contributed by atoms with Gasteiger partial charge in [-0.2, -0.15) is 0 Å². The average molecular weight is 740 g/mol. The molecule has 1 aliphatic carbocycles. The number of halogens is 2. The molecule has 0 amide bonds. The fraction of sp³-hybridized carbons (Fsp3) is 0.0577. The van der Waals surface area contributed by atoms with E-state index in [0.717, 1.165) is 71.7 Å². The maximum Gasteiger partial charge on any atom is 0.174 e. The van der Waals surface area contributed by atoms with Crippen molar-refractivity contribution in [3.63, 3.8) is 0 Å². The van der Waals surface area contributed by atoms with Crippen molar-refractivity contribution in [3.8, 4) is 11.1 Å². The molecular formula is C52H35F2N3. The van der Waals surface area contributed by atoms with Crippen molar-refractivity contribution in [2.75, 3.05) is 9.80 Å². The van der Waals surface area contributed by atoms with Crippen LogP contribution in [0, 0.1) is 11.6 Å². The van der Waals surface area contributed by atoms with Crippen molar-refractivity contribution in [2.45, 2.75) is 19.3 Å². The first-order valence-electron chi connectivity index (χ1n) is 19.3. The third-order valence-corrected chi connectivity index (χ3v) is 11.9. The van der Waals surface area contributed by atoms with Crippen molar-refractivity contribution in [1.29, 1.82) is 0 Å². The Labute approximate surface area is 329 Å². The molecule has 5 heteroatoms. The zero-order valence-corrected chi connectivity index (χ0v) is 31.3. The Kier molecular flexibility index (Phi) is 7.26. The van der Waals surface area contributed by atoms with Gasteiger partial charge in [0.25, 0.3) is 0 Å². The van der Waals surface area contributed by atoms with E-state index in [9.17, 15) is 4.39 Å². The van der Waals surface area contributed by atoms with Crippen molar-refractivity contribution < 1.29 is 8.78 Å². The summed E-state index contributed by atoms with van der Waals surface area (Å²) in [7, 11) is 0. The summed E-state index contributed by atoms with van der Waals surface area (Å²) in [5, 5.41) is 7.13. The second kappa shape index (κ2) is 12.5. The van der Waals surface area contributed by atoms with Crippen LogP contribution in [0.3, 0.4) is 0 Å². The first-order chi connectivity index (χ1) is 27.9. The fourth-order valence-corrected chi connectivity index (χ4v) is 9.27. The van der Waals surface area contributed by atoms with Gasteiger partial charge in [-0.1, -0.05) is 123 Å². The molecule has 0 radical (unpaired) electrons. The normalized spacial score (nSPS) is 13.1. The van der Waals surface area contributed by atoms with Crippen molar-refractivity contribution in [1.82, 2.24) is 4.98 Å². The van der Waals surface area contributed by atoms with Crippen LogP contribution in [0.25, 0.3) is 54.3 Å². The predicted octanol–water partition coefficient (Wildman–Crippen LogP) is 14.7. The van der Waals surface area contributed by atoms with Crippen LogP contribution in [0.4, 0.5) is 43.0 Å². The summed E-state index contributed by atoms with van der Waals surface area (Å²) in [6.07, 6.45) is 0. The lowest BCUT2D eigenvalue weighted by Crippen LogP contribution is -2.16. The minimum Gasteiger partial charge on any atom is -0.309 e. The Balaban J connectivity index is 1.19. The topological polar surface area (TPSA) is 19.4 Å². The monoisotopic (exact) mass is 739 g/mol. The highest BCUT2D eigenvalue weighted by Crippen LogP contribution is 2.55. The summed E-state index contributed by atoms with van der Waals surface area (Å²) in [6.45, 7) is 4.57. The number of para-hydroxylation sites is 2. The molecule has 0 fully saturated rings. The molecule has 0 spiro atoms. The van der Waals surface area contributed by atoms with Gasteiger partial charge in [0, 0.05) is 38.5 Å². The van der Waals surface area contributed by atoms with Crippen LogP contribution in [0.5, 0.6) is 0 Å². The van der Waals surface area contributed by atoms with E-state index in [2.05, 4.69) is 110 Å². The number of nitrogens with zero attached hydrogens (tertiary/aromatic N) is 3. The van der Waals surface area contributed by atoms with E-state index < -0.39 is 5.82 Å². The van der Waals surface area contributed by atoms with Crippen LogP contribution < -0.4 is 9.80 Å². The standard InChI is InChI=1S/C52H35F2N3/c1-52(2)41-15-8-7-14-38(41)50-42(52)16-10-18-47(50)56(37-25-23-35(53)24-26-37)45-29-21-32-20-28-40-46(30-22-33-19-27-39(45)48(32)49(33)40)57(36-12-4-3-5-13-36)51-43(54)31-34-11-6-9-17-44(34)55-51/h3-31H,1-2H3. The van der Waals surface area contributed by atoms with Gasteiger partial charge < -0.3 is 4.90 Å². The lowest BCUT2D eigenvalue weighted by Gasteiger charge is -2.31. The Morgan fingerprint density at radius 3 is 1.81 bits per heavy atom. The third kappa shape index (κ3) is 4.98. The number of pyridine rings is 1. The quantitative estimate of drug-likeness (QED) is 0.158. The van der Waals surface area contributed by atoms with Crippen molar-refractivity contribution >= 4 is 77.5 Å². The van der Waals surface area contributed by atoms with Crippen LogP contribution in [-0.4, -0.2) is 4.98 Å². The highest BCUT2D eigenvalue weighted by atomic mass is 19.1. The van der Waals surface area contributed by atoms with Gasteiger partial charge in [-0.05, 0) is 105 Å². The Morgan fingerprint density at radius 1 is 0.474 bits per heavy atom. The minimum atomic E-state index is -0.402. The van der Waals surface area contributed by atoms with Gasteiger partial charge in [0.15, 0.2) is 11.6 Å². The van der Waals surface area contributed by atoms with Gasteiger partial charge in [0.1, 0.15) is 5.82 Å². The summed E-state index contributed by atoms with van der Waals surface area (Å²) in [5.74, 6) is -0.452. The van der Waals surface area contributed by atoms with Crippen LogP contribution >= 0.6 is 0 Å². The van der Waals surface area contributed by atoms with Crippen LogP contribution in [0.15, 0.2) is 176 Å². The molecule has 0 saturated heterocycles. The molecule has 1 aromatic heterocycles. The molecule has 0 N–H and O–H groups in total. The summed E-state index contributed by atoms with van der Waals surface area (Å²) < 4.78 is 30.9. The number of hydrogen-bond acceptors (Lipinski definition) is 3. The van der Waals surface area contributed by atoms with Gasteiger partial charge in [0.05, 0.1) is 22.6 Å². The van der Waals surface area contributed by atoms with Gasteiger partial charge in [-0.3, -0.25) is 4.90 Å². The van der Waals surface area contributed by atoms with Gasteiger partial charge in [0.2, 0.25) is 0 Å². The highest BCUT2D eigenvalue weighted by Gasteiger charge is 2.38. The molecular weight excluding hydrogens is 705 g/mol. The summed E-state index contributed by atoms with van der Waals surface area (Å²) >= 11 is 0. The third-order valence-electron chi connectivity index (χ3n) is 11.9. The number of rotatable bonds is 6. The number of hydrogen-bond donors (Lipinski definition) is 0. The zero-order valence-electron chi connectivity index (χ0n) is 31.3. The van der Waals surface area contributed by atoms with E-state index in [1.54, 1.807) is 6.07 Å². The number of fused-ring (bicyclic) bond motifs is 4. The molecule has 11 rings (SSSR count). The average Bonchev–Trinajstić information content (AvgIpc) is 3.48. The Hall–Kier alpha value is -7.11. The minimum absolute atomic E-state index is 0.195. The molecule has 3 nitrogen and oxygen atoms in total. The first kappa shape index (κ1) is 33.2.